The van der Waals surface area contributed by atoms with Crippen LogP contribution in [0.5, 0.6) is 0 Å². The Labute approximate surface area is 201 Å². The number of carbonyl (C=O) groups excluding carboxylic acids is 1. The summed E-state index contributed by atoms with van der Waals surface area (Å²) >= 11 is 2.83. The number of carbonyl (C=O) groups is 1. The van der Waals surface area contributed by atoms with Gasteiger partial charge in [-0.1, -0.05) is 36.4 Å². The number of anilines is 1. The van der Waals surface area contributed by atoms with E-state index in [0.29, 0.717) is 30.8 Å². The first-order valence-electron chi connectivity index (χ1n) is 10.8. The zero-order chi connectivity index (χ0) is 23.4. The van der Waals surface area contributed by atoms with Crippen LogP contribution in [0, 0.1) is 0 Å². The summed E-state index contributed by atoms with van der Waals surface area (Å²) in [6, 6.07) is 13.6. The second-order valence-corrected chi connectivity index (χ2v) is 12.5. The van der Waals surface area contributed by atoms with Crippen molar-refractivity contribution < 1.29 is 21.7 Å². The number of thiophene rings is 1. The average Bonchev–Trinajstić information content (AvgIpc) is 3.37. The number of nitrogens with one attached hydrogen (secondary N) is 1. The van der Waals surface area contributed by atoms with Gasteiger partial charge in [0, 0.05) is 47.8 Å². The van der Waals surface area contributed by atoms with Gasteiger partial charge in [-0.25, -0.2) is 9.35 Å². The largest absolute Gasteiger partial charge is 0.440 e. The molecule has 10 heteroatoms. The van der Waals surface area contributed by atoms with Crippen LogP contribution in [0.25, 0.3) is 10.8 Å². The Morgan fingerprint density at radius 1 is 1.21 bits per heavy atom. The van der Waals surface area contributed by atoms with E-state index in [1.165, 1.54) is 23.1 Å². The quantitative estimate of drug-likeness (QED) is 0.280. The molecule has 1 spiro atoms. The molecule has 0 radical (unpaired) electrons. The molecule has 5 rings (SSSR count). The van der Waals surface area contributed by atoms with Gasteiger partial charge in [-0.05, 0) is 23.4 Å². The van der Waals surface area contributed by atoms with Gasteiger partial charge >= 0.3 is 16.2 Å². The monoisotopic (exact) mass is 504 g/mol. The highest BCUT2D eigenvalue weighted by Crippen LogP contribution is 2.48. The van der Waals surface area contributed by atoms with Crippen LogP contribution in [0.1, 0.15) is 33.6 Å². The Kier molecular flexibility index (Phi) is 5.58. The van der Waals surface area contributed by atoms with Crippen LogP contribution in [-0.2, 0) is 22.3 Å². The molecular weight excluding hydrogens is 478 g/mol. The minimum Gasteiger partial charge on any atom is -0.384 e. The predicted molar refractivity (Wildman–Crippen MR) is 133 cm³/mol. The van der Waals surface area contributed by atoms with Crippen molar-refractivity contribution in [3.8, 4) is 0 Å². The van der Waals surface area contributed by atoms with Gasteiger partial charge in [0.15, 0.2) is 0 Å². The zero-order valence-corrected chi connectivity index (χ0v) is 20.7. The smallest absolute Gasteiger partial charge is 0.384 e. The highest BCUT2D eigenvalue weighted by Gasteiger charge is 2.57. The summed E-state index contributed by atoms with van der Waals surface area (Å²) in [5, 5.41) is 5.10. The highest BCUT2D eigenvalue weighted by molar-refractivity contribution is 8.00. The number of hydrogen-bond donors (Lipinski definition) is 3. The van der Waals surface area contributed by atoms with Crippen molar-refractivity contribution in [2.24, 2.45) is 5.73 Å². The maximum absolute atomic E-state index is 13.9. The van der Waals surface area contributed by atoms with Crippen LogP contribution < -0.4 is 11.1 Å². The molecule has 2 aliphatic heterocycles. The van der Waals surface area contributed by atoms with Crippen molar-refractivity contribution >= 4 is 55.8 Å². The number of nitrogens with zero attached hydrogens (tertiary/aromatic N) is 1. The fraction of sp³-hybridized carbons (Fsp3) is 0.348. The molecule has 2 aromatic carbocycles. The summed E-state index contributed by atoms with van der Waals surface area (Å²) in [5.41, 5.74) is 8.73. The molecular formula is C23H26N3O4S3+. The van der Waals surface area contributed by atoms with E-state index in [1.807, 2.05) is 42.7 Å². The molecule has 33 heavy (non-hydrogen) atoms. The molecule has 7 nitrogen and oxygen atoms in total. The van der Waals surface area contributed by atoms with Gasteiger partial charge in [0.25, 0.3) is 0 Å². The number of hydrogen-bond acceptors (Lipinski definition) is 7. The topological polar surface area (TPSA) is 109 Å². The Morgan fingerprint density at radius 3 is 2.55 bits per heavy atom. The SMILES string of the molecule is CSc1sc(C(=O)[N+]2(S(=O)(=O)O)CCC3(CC2)CNc2ccc(CN)cc23)c2ccccc12. The predicted octanol–water partition coefficient (Wildman–Crippen LogP) is 4.00. The number of benzene rings is 2. The van der Waals surface area contributed by atoms with Crippen molar-refractivity contribution in [1.29, 1.82) is 0 Å². The fourth-order valence-corrected chi connectivity index (χ4v) is 8.25. The first-order valence-corrected chi connectivity index (χ1v) is 14.2. The Balaban J connectivity index is 1.55. The Morgan fingerprint density at radius 2 is 1.91 bits per heavy atom. The molecule has 0 bridgehead atoms. The number of fused-ring (bicyclic) bond motifs is 3. The number of piperidine rings is 1. The fourth-order valence-electron chi connectivity index (χ4n) is 5.24. The van der Waals surface area contributed by atoms with E-state index in [0.717, 1.165) is 31.8 Å². The highest BCUT2D eigenvalue weighted by atomic mass is 32.2. The summed E-state index contributed by atoms with van der Waals surface area (Å²) < 4.78 is 35.9. The van der Waals surface area contributed by atoms with Crippen LogP contribution in [0.15, 0.2) is 46.7 Å². The van der Waals surface area contributed by atoms with Gasteiger partial charge in [0.1, 0.15) is 18.0 Å². The Hall–Kier alpha value is -1.95. The van der Waals surface area contributed by atoms with E-state index in [4.69, 9.17) is 5.73 Å². The third kappa shape index (κ3) is 3.43. The van der Waals surface area contributed by atoms with E-state index in [-0.39, 0.29) is 18.5 Å². The second-order valence-electron chi connectivity index (χ2n) is 8.78. The summed E-state index contributed by atoms with van der Waals surface area (Å²) in [6.07, 6.45) is 2.86. The molecule has 1 fully saturated rings. The normalized spacial score (nSPS) is 24.7. The molecule has 0 saturated carbocycles. The molecule has 1 saturated heterocycles. The molecule has 4 N–H and O–H groups in total. The van der Waals surface area contributed by atoms with Crippen molar-refractivity contribution in [1.82, 2.24) is 0 Å². The Bertz CT molecular complexity index is 1360. The van der Waals surface area contributed by atoms with Gasteiger partial charge in [-0.3, -0.25) is 0 Å². The minimum absolute atomic E-state index is 0.0203. The van der Waals surface area contributed by atoms with Gasteiger partial charge < -0.3 is 11.1 Å². The molecule has 3 aromatic rings. The molecule has 2 aliphatic rings. The van der Waals surface area contributed by atoms with Crippen molar-refractivity contribution in [2.45, 2.75) is 29.0 Å². The van der Waals surface area contributed by atoms with Crippen LogP contribution in [0.2, 0.25) is 0 Å². The summed E-state index contributed by atoms with van der Waals surface area (Å²) in [7, 11) is -4.69. The van der Waals surface area contributed by atoms with Gasteiger partial charge in [-0.15, -0.1) is 35.4 Å². The first-order chi connectivity index (χ1) is 15.7. The number of likely N-dealkylation sites (tertiary alicyclic amines) is 1. The van der Waals surface area contributed by atoms with E-state index >= 15 is 0 Å². The molecule has 174 valence electrons. The summed E-state index contributed by atoms with van der Waals surface area (Å²) in [4.78, 5) is 14.3. The molecule has 1 amide bonds. The minimum atomic E-state index is -4.69. The standard InChI is InChI=1S/C23H25N3O4S3/c1-31-22-17-5-3-2-4-16(17)20(32-22)21(27)26(33(28,29)30)10-8-23(9-11-26)14-25-19-7-6-15(13-24)12-18(19)23/h2-7,12,25H,8-11,13-14,24H2,1H3/p+1. The number of thioether (sulfide) groups is 1. The van der Waals surface area contributed by atoms with Crippen LogP contribution in [0.3, 0.4) is 0 Å². The maximum atomic E-state index is 13.9. The van der Waals surface area contributed by atoms with E-state index < -0.39 is 20.1 Å². The summed E-state index contributed by atoms with van der Waals surface area (Å²) in [6.45, 7) is 1.14. The first kappa shape index (κ1) is 22.8. The summed E-state index contributed by atoms with van der Waals surface area (Å²) in [5.74, 6) is -0.546. The zero-order valence-electron chi connectivity index (χ0n) is 18.2. The molecule has 0 aliphatic carbocycles. The lowest BCUT2D eigenvalue weighted by Gasteiger charge is -2.42. The van der Waals surface area contributed by atoms with E-state index in [2.05, 4.69) is 11.4 Å². The van der Waals surface area contributed by atoms with Crippen LogP contribution >= 0.6 is 23.1 Å². The van der Waals surface area contributed by atoms with Crippen molar-refractivity contribution in [3.05, 3.63) is 58.5 Å². The van der Waals surface area contributed by atoms with Gasteiger partial charge in [-0.2, -0.15) is 0 Å². The molecule has 1 aromatic heterocycles. The second kappa shape index (κ2) is 8.07. The number of amides is 1. The third-order valence-electron chi connectivity index (χ3n) is 7.19. The lowest BCUT2D eigenvalue weighted by atomic mass is 9.74. The van der Waals surface area contributed by atoms with Gasteiger partial charge in [0.05, 0.1) is 4.21 Å². The average molecular weight is 505 g/mol. The van der Waals surface area contributed by atoms with Crippen molar-refractivity contribution in [3.63, 3.8) is 0 Å². The van der Waals surface area contributed by atoms with Crippen LogP contribution in [0.4, 0.5) is 5.69 Å². The number of rotatable bonds is 4. The maximum Gasteiger partial charge on any atom is 0.440 e. The number of quaternary nitrogens is 1. The lowest BCUT2D eigenvalue weighted by Crippen LogP contribution is -2.62. The molecule has 3 heterocycles. The molecule has 0 atom stereocenters. The van der Waals surface area contributed by atoms with E-state index in [1.54, 1.807) is 0 Å². The van der Waals surface area contributed by atoms with Gasteiger partial charge in [0.2, 0.25) is 0 Å². The van der Waals surface area contributed by atoms with Crippen LogP contribution in [-0.4, -0.2) is 48.7 Å². The van der Waals surface area contributed by atoms with E-state index in [9.17, 15) is 17.8 Å². The molecule has 0 unspecified atom stereocenters. The lowest BCUT2D eigenvalue weighted by molar-refractivity contribution is -0.734. The number of nitrogens with two attached hydrogens (primary N) is 1. The third-order valence-corrected chi connectivity index (χ3v) is 10.9. The van der Waals surface area contributed by atoms with Crippen molar-refractivity contribution in [2.75, 3.05) is 31.2 Å².